The number of carbonyl (C=O) groups excluding carboxylic acids is 2. The molecule has 19 heavy (non-hydrogen) atoms. The topological polar surface area (TPSA) is 40.6 Å². The van der Waals surface area contributed by atoms with E-state index in [1.807, 2.05) is 18.2 Å². The van der Waals surface area contributed by atoms with Crippen LogP contribution in [0.25, 0.3) is 0 Å². The molecule has 2 saturated heterocycles. The van der Waals surface area contributed by atoms with E-state index in [1.54, 1.807) is 4.90 Å². The highest BCUT2D eigenvalue weighted by molar-refractivity contribution is 6.05. The van der Waals surface area contributed by atoms with E-state index in [4.69, 9.17) is 0 Å². The molecule has 1 aromatic rings. The van der Waals surface area contributed by atoms with Crippen molar-refractivity contribution in [3.8, 4) is 0 Å². The van der Waals surface area contributed by atoms with Gasteiger partial charge in [0.25, 0.3) is 0 Å². The predicted octanol–water partition coefficient (Wildman–Crippen LogP) is 1.06. The molecule has 3 rings (SSSR count). The molecule has 4 heteroatoms. The van der Waals surface area contributed by atoms with Crippen LogP contribution in [-0.4, -0.2) is 47.2 Å². The maximum atomic E-state index is 11.7. The van der Waals surface area contributed by atoms with Crippen LogP contribution in [0, 0.1) is 0 Å². The first kappa shape index (κ1) is 12.4. The molecule has 2 fully saturated rings. The fourth-order valence-electron chi connectivity index (χ4n) is 2.99. The van der Waals surface area contributed by atoms with Crippen molar-refractivity contribution in [1.29, 1.82) is 0 Å². The Morgan fingerprint density at radius 2 is 1.95 bits per heavy atom. The van der Waals surface area contributed by atoms with Crippen molar-refractivity contribution in [2.45, 2.75) is 25.4 Å². The quantitative estimate of drug-likeness (QED) is 0.761. The first-order valence-electron chi connectivity index (χ1n) is 6.80. The van der Waals surface area contributed by atoms with Gasteiger partial charge >= 0.3 is 0 Å². The van der Waals surface area contributed by atoms with Crippen LogP contribution in [0.3, 0.4) is 0 Å². The van der Waals surface area contributed by atoms with Crippen molar-refractivity contribution in [3.05, 3.63) is 35.9 Å². The number of likely N-dealkylation sites (tertiary alicyclic amines) is 2. The molecule has 1 unspecified atom stereocenters. The van der Waals surface area contributed by atoms with Gasteiger partial charge in [0.2, 0.25) is 5.91 Å². The van der Waals surface area contributed by atoms with E-state index in [0.717, 1.165) is 26.1 Å². The molecule has 4 nitrogen and oxygen atoms in total. The van der Waals surface area contributed by atoms with Gasteiger partial charge in [0.05, 0.1) is 13.0 Å². The lowest BCUT2D eigenvalue weighted by atomic mass is 10.2. The van der Waals surface area contributed by atoms with Gasteiger partial charge in [-0.15, -0.1) is 0 Å². The Morgan fingerprint density at radius 1 is 1.16 bits per heavy atom. The molecule has 0 saturated carbocycles. The Morgan fingerprint density at radius 3 is 2.63 bits per heavy atom. The normalized spacial score (nSPS) is 24.4. The zero-order chi connectivity index (χ0) is 13.2. The first-order valence-corrected chi connectivity index (χ1v) is 6.80. The summed E-state index contributed by atoms with van der Waals surface area (Å²) in [6.07, 6.45) is 1.08. The summed E-state index contributed by atoms with van der Waals surface area (Å²) < 4.78 is 0. The molecule has 0 N–H and O–H groups in total. The van der Waals surface area contributed by atoms with Crippen LogP contribution < -0.4 is 0 Å². The smallest absolute Gasteiger partial charge is 0.230 e. The van der Waals surface area contributed by atoms with Crippen LogP contribution in [0.4, 0.5) is 0 Å². The van der Waals surface area contributed by atoms with Crippen LogP contribution >= 0.6 is 0 Å². The lowest BCUT2D eigenvalue weighted by molar-refractivity contribution is -0.129. The minimum Gasteiger partial charge on any atom is -0.331 e. The number of amides is 1. The summed E-state index contributed by atoms with van der Waals surface area (Å²) in [6.45, 7) is 3.13. The van der Waals surface area contributed by atoms with Crippen LogP contribution in [0.2, 0.25) is 0 Å². The fraction of sp³-hybridized carbons (Fsp3) is 0.467. The van der Waals surface area contributed by atoms with Crippen LogP contribution in [-0.2, 0) is 16.1 Å². The van der Waals surface area contributed by atoms with E-state index >= 15 is 0 Å². The zero-order valence-electron chi connectivity index (χ0n) is 10.9. The van der Waals surface area contributed by atoms with Gasteiger partial charge in [-0.05, 0) is 12.0 Å². The Balaban J connectivity index is 1.58. The van der Waals surface area contributed by atoms with Crippen molar-refractivity contribution >= 4 is 11.7 Å². The number of ketones is 1. The Kier molecular flexibility index (Phi) is 3.34. The zero-order valence-corrected chi connectivity index (χ0v) is 10.9. The Hall–Kier alpha value is -1.68. The highest BCUT2D eigenvalue weighted by Gasteiger charge is 2.36. The summed E-state index contributed by atoms with van der Waals surface area (Å²) in [6, 6.07) is 10.6. The molecule has 100 valence electrons. The third-order valence-corrected chi connectivity index (χ3v) is 3.95. The van der Waals surface area contributed by atoms with Gasteiger partial charge < -0.3 is 4.90 Å². The first-order chi connectivity index (χ1) is 9.22. The summed E-state index contributed by atoms with van der Waals surface area (Å²) in [7, 11) is 0. The van der Waals surface area contributed by atoms with Gasteiger partial charge in [-0.1, -0.05) is 30.3 Å². The van der Waals surface area contributed by atoms with Crippen molar-refractivity contribution in [2.24, 2.45) is 0 Å². The van der Waals surface area contributed by atoms with E-state index in [0.29, 0.717) is 6.54 Å². The number of hydrogen-bond acceptors (Lipinski definition) is 3. The molecule has 0 radical (unpaired) electrons. The molecule has 0 aromatic heterocycles. The molecule has 1 aromatic carbocycles. The highest BCUT2D eigenvalue weighted by Crippen LogP contribution is 2.21. The molecule has 1 amide bonds. The fourth-order valence-corrected chi connectivity index (χ4v) is 2.99. The largest absolute Gasteiger partial charge is 0.331 e. The number of hydrogen-bond donors (Lipinski definition) is 0. The number of nitrogens with zero attached hydrogens (tertiary/aromatic N) is 2. The van der Waals surface area contributed by atoms with Crippen molar-refractivity contribution in [1.82, 2.24) is 9.80 Å². The standard InChI is InChI=1S/C15H18N2O2/c18-14-8-15(19)17(11-14)13-6-7-16(10-13)9-12-4-2-1-3-5-12/h1-5,13H,6-11H2. The minimum atomic E-state index is 0.0107. The van der Waals surface area contributed by atoms with Crippen molar-refractivity contribution in [3.63, 3.8) is 0 Å². The maximum absolute atomic E-state index is 11.7. The van der Waals surface area contributed by atoms with E-state index in [9.17, 15) is 9.59 Å². The summed E-state index contributed by atoms with van der Waals surface area (Å²) in [4.78, 5) is 27.2. The van der Waals surface area contributed by atoms with Gasteiger partial charge in [0.15, 0.2) is 5.78 Å². The Labute approximate surface area is 113 Å². The minimum absolute atomic E-state index is 0.0107. The molecule has 2 heterocycles. The lowest BCUT2D eigenvalue weighted by Crippen LogP contribution is -2.38. The van der Waals surface area contributed by atoms with E-state index in [2.05, 4.69) is 17.0 Å². The van der Waals surface area contributed by atoms with Gasteiger partial charge in [-0.2, -0.15) is 0 Å². The van der Waals surface area contributed by atoms with Crippen molar-refractivity contribution < 1.29 is 9.59 Å². The summed E-state index contributed by atoms with van der Waals surface area (Å²) in [5.74, 6) is 0.0723. The number of Topliss-reactive ketones (excluding diaryl/α,β-unsaturated/α-hetero) is 1. The van der Waals surface area contributed by atoms with E-state index in [-0.39, 0.29) is 24.2 Å². The predicted molar refractivity (Wildman–Crippen MR) is 71.5 cm³/mol. The second-order valence-corrected chi connectivity index (χ2v) is 5.40. The molecular formula is C15H18N2O2. The number of benzene rings is 1. The molecule has 0 bridgehead atoms. The lowest BCUT2D eigenvalue weighted by Gasteiger charge is -2.23. The summed E-state index contributed by atoms with van der Waals surface area (Å²) >= 11 is 0. The monoisotopic (exact) mass is 258 g/mol. The second-order valence-electron chi connectivity index (χ2n) is 5.40. The summed E-state index contributed by atoms with van der Waals surface area (Å²) in [5, 5.41) is 0. The molecule has 2 aliphatic rings. The van der Waals surface area contributed by atoms with Crippen LogP contribution in [0.5, 0.6) is 0 Å². The second kappa shape index (κ2) is 5.13. The van der Waals surface area contributed by atoms with Gasteiger partial charge in [0, 0.05) is 25.7 Å². The third-order valence-electron chi connectivity index (χ3n) is 3.95. The van der Waals surface area contributed by atoms with Crippen LogP contribution in [0.1, 0.15) is 18.4 Å². The van der Waals surface area contributed by atoms with Crippen LogP contribution in [0.15, 0.2) is 30.3 Å². The maximum Gasteiger partial charge on any atom is 0.230 e. The molecule has 2 aliphatic heterocycles. The van der Waals surface area contributed by atoms with Gasteiger partial charge in [-0.25, -0.2) is 0 Å². The highest BCUT2D eigenvalue weighted by atomic mass is 16.2. The molecule has 1 atom stereocenters. The molecule has 0 spiro atoms. The van der Waals surface area contributed by atoms with Gasteiger partial charge in [0.1, 0.15) is 0 Å². The molecule has 0 aliphatic carbocycles. The van der Waals surface area contributed by atoms with Crippen molar-refractivity contribution in [2.75, 3.05) is 19.6 Å². The van der Waals surface area contributed by atoms with E-state index < -0.39 is 0 Å². The summed E-state index contributed by atoms with van der Waals surface area (Å²) in [5.41, 5.74) is 1.30. The van der Waals surface area contributed by atoms with E-state index in [1.165, 1.54) is 5.56 Å². The number of rotatable bonds is 3. The number of carbonyl (C=O) groups is 2. The SMILES string of the molecule is O=C1CC(=O)N(C2CCN(Cc3ccccc3)C2)C1. The third kappa shape index (κ3) is 2.68. The Bertz CT molecular complexity index is 486. The van der Waals surface area contributed by atoms with Gasteiger partial charge in [-0.3, -0.25) is 14.5 Å². The average molecular weight is 258 g/mol. The molecular weight excluding hydrogens is 240 g/mol. The average Bonchev–Trinajstić information content (AvgIpc) is 2.97.